The summed E-state index contributed by atoms with van der Waals surface area (Å²) in [5.74, 6) is 0. The van der Waals surface area contributed by atoms with E-state index in [1.165, 1.54) is 12.1 Å². The van der Waals surface area contributed by atoms with Crippen molar-refractivity contribution in [2.24, 2.45) is 0 Å². The molecular weight excluding hydrogens is 350 g/mol. The number of benzene rings is 1. The van der Waals surface area contributed by atoms with Gasteiger partial charge in [-0.25, -0.2) is 13.1 Å². The molecule has 0 spiro atoms. The molecule has 0 heterocycles. The van der Waals surface area contributed by atoms with Crippen molar-refractivity contribution in [1.82, 2.24) is 10.0 Å². The van der Waals surface area contributed by atoms with Crippen LogP contribution in [0.4, 0.5) is 5.69 Å². The maximum atomic E-state index is 12.0. The lowest BCUT2D eigenvalue weighted by Crippen LogP contribution is -2.32. The molecule has 0 atom stereocenters. The summed E-state index contributed by atoms with van der Waals surface area (Å²) in [7, 11) is -3.66. The van der Waals surface area contributed by atoms with Gasteiger partial charge >= 0.3 is 0 Å². The van der Waals surface area contributed by atoms with Crippen molar-refractivity contribution in [3.05, 3.63) is 32.8 Å². The third-order valence-electron chi connectivity index (χ3n) is 2.45. The lowest BCUT2D eigenvalue weighted by molar-refractivity contribution is -0.385. The summed E-state index contributed by atoms with van der Waals surface area (Å²) < 4.78 is 26.5. The van der Waals surface area contributed by atoms with Gasteiger partial charge in [0.25, 0.3) is 5.69 Å². The minimum Gasteiger partial charge on any atom is -0.315 e. The number of halogens is 1. The molecular formula is C11H16BrN3O4S. The van der Waals surface area contributed by atoms with E-state index in [9.17, 15) is 18.5 Å². The molecule has 0 fully saturated rings. The third kappa shape index (κ3) is 4.82. The van der Waals surface area contributed by atoms with E-state index >= 15 is 0 Å². The first kappa shape index (κ1) is 17.0. The Morgan fingerprint density at radius 1 is 1.30 bits per heavy atom. The molecule has 2 N–H and O–H groups in total. The fraction of sp³-hybridized carbons (Fsp3) is 0.455. The highest BCUT2D eigenvalue weighted by Crippen LogP contribution is 2.27. The number of hydrogen-bond acceptors (Lipinski definition) is 5. The zero-order valence-electron chi connectivity index (χ0n) is 10.9. The Hall–Kier alpha value is -1.03. The lowest BCUT2D eigenvalue weighted by atomic mass is 10.3. The summed E-state index contributed by atoms with van der Waals surface area (Å²) in [6, 6.07) is 3.60. The van der Waals surface area contributed by atoms with Crippen LogP contribution >= 0.6 is 15.9 Å². The average molecular weight is 366 g/mol. The Labute approximate surface area is 126 Å². The normalized spacial score (nSPS) is 11.5. The van der Waals surface area contributed by atoms with Gasteiger partial charge in [-0.05, 0) is 41.0 Å². The van der Waals surface area contributed by atoms with E-state index in [0.29, 0.717) is 6.54 Å². The molecule has 1 aromatic rings. The van der Waals surface area contributed by atoms with Crippen molar-refractivity contribution < 1.29 is 13.3 Å². The van der Waals surface area contributed by atoms with Crippen molar-refractivity contribution in [2.75, 3.05) is 19.6 Å². The SMILES string of the molecule is CCCNCCNS(=O)(=O)c1ccc([N+](=O)[O-])c(Br)c1. The van der Waals surface area contributed by atoms with Crippen molar-refractivity contribution in [1.29, 1.82) is 0 Å². The fourth-order valence-electron chi connectivity index (χ4n) is 1.46. The topological polar surface area (TPSA) is 101 Å². The number of nitrogens with zero attached hydrogens (tertiary/aromatic N) is 1. The van der Waals surface area contributed by atoms with E-state index in [1.54, 1.807) is 0 Å². The van der Waals surface area contributed by atoms with Gasteiger partial charge in [0.05, 0.1) is 14.3 Å². The fourth-order valence-corrected chi connectivity index (χ4v) is 3.19. The van der Waals surface area contributed by atoms with E-state index in [2.05, 4.69) is 26.0 Å². The molecule has 0 saturated heterocycles. The summed E-state index contributed by atoms with van der Waals surface area (Å²) in [5.41, 5.74) is -0.173. The summed E-state index contributed by atoms with van der Waals surface area (Å²) >= 11 is 3.00. The van der Waals surface area contributed by atoms with E-state index in [1.807, 2.05) is 6.92 Å². The molecule has 0 aliphatic rings. The summed E-state index contributed by atoms with van der Waals surface area (Å²) in [6.07, 6.45) is 0.974. The van der Waals surface area contributed by atoms with Gasteiger partial charge in [0.15, 0.2) is 0 Å². The van der Waals surface area contributed by atoms with Crippen LogP contribution in [-0.4, -0.2) is 33.0 Å². The van der Waals surface area contributed by atoms with E-state index in [0.717, 1.165) is 19.0 Å². The lowest BCUT2D eigenvalue weighted by Gasteiger charge is -2.08. The Kier molecular flexibility index (Phi) is 6.53. The van der Waals surface area contributed by atoms with Crippen molar-refractivity contribution in [2.45, 2.75) is 18.2 Å². The van der Waals surface area contributed by atoms with Crippen LogP contribution in [0, 0.1) is 10.1 Å². The number of nitro benzene ring substituents is 1. The molecule has 20 heavy (non-hydrogen) atoms. The van der Waals surface area contributed by atoms with Gasteiger partial charge in [0.2, 0.25) is 10.0 Å². The molecule has 9 heteroatoms. The molecule has 0 bridgehead atoms. The smallest absolute Gasteiger partial charge is 0.283 e. The van der Waals surface area contributed by atoms with Crippen LogP contribution in [0.15, 0.2) is 27.6 Å². The molecule has 0 aliphatic carbocycles. The van der Waals surface area contributed by atoms with Gasteiger partial charge in [-0.15, -0.1) is 0 Å². The first-order chi connectivity index (χ1) is 9.38. The number of nitro groups is 1. The molecule has 0 unspecified atom stereocenters. The molecule has 1 aromatic carbocycles. The predicted octanol–water partition coefficient (Wildman–Crippen LogP) is 1.64. The third-order valence-corrected chi connectivity index (χ3v) is 4.54. The standard InChI is InChI=1S/C11H16BrN3O4S/c1-2-5-13-6-7-14-20(18,19)9-3-4-11(15(16)17)10(12)8-9/h3-4,8,13-14H,2,5-7H2,1H3. The highest BCUT2D eigenvalue weighted by molar-refractivity contribution is 9.10. The van der Waals surface area contributed by atoms with Crippen molar-refractivity contribution >= 4 is 31.6 Å². The maximum absolute atomic E-state index is 12.0. The number of rotatable bonds is 8. The second-order valence-corrected chi connectivity index (χ2v) is 6.64. The number of hydrogen-bond donors (Lipinski definition) is 2. The summed E-state index contributed by atoms with van der Waals surface area (Å²) in [4.78, 5) is 10.1. The maximum Gasteiger partial charge on any atom is 0.283 e. The second kappa shape index (κ2) is 7.67. The van der Waals surface area contributed by atoms with Crippen LogP contribution < -0.4 is 10.0 Å². The Morgan fingerprint density at radius 3 is 2.55 bits per heavy atom. The van der Waals surface area contributed by atoms with E-state index in [-0.39, 0.29) is 21.6 Å². The Bertz CT molecular complexity index is 577. The minimum atomic E-state index is -3.66. The molecule has 112 valence electrons. The van der Waals surface area contributed by atoms with Gasteiger partial charge in [-0.1, -0.05) is 6.92 Å². The average Bonchev–Trinajstić information content (AvgIpc) is 2.37. The van der Waals surface area contributed by atoms with E-state index < -0.39 is 14.9 Å². The summed E-state index contributed by atoms with van der Waals surface area (Å²) in [5, 5.41) is 13.7. The predicted molar refractivity (Wildman–Crippen MR) is 79.1 cm³/mol. The zero-order valence-corrected chi connectivity index (χ0v) is 13.3. The second-order valence-electron chi connectivity index (χ2n) is 4.02. The first-order valence-electron chi connectivity index (χ1n) is 6.03. The van der Waals surface area contributed by atoms with E-state index in [4.69, 9.17) is 0 Å². The van der Waals surface area contributed by atoms with Gasteiger partial charge in [-0.2, -0.15) is 0 Å². The molecule has 0 aliphatic heterocycles. The molecule has 0 saturated carbocycles. The zero-order chi connectivity index (χ0) is 15.2. The van der Waals surface area contributed by atoms with Gasteiger partial charge < -0.3 is 5.32 Å². The molecule has 0 amide bonds. The Balaban J connectivity index is 2.73. The van der Waals surface area contributed by atoms with Crippen LogP contribution in [0.25, 0.3) is 0 Å². The molecule has 7 nitrogen and oxygen atoms in total. The molecule has 0 radical (unpaired) electrons. The van der Waals surface area contributed by atoms with Crippen molar-refractivity contribution in [3.63, 3.8) is 0 Å². The largest absolute Gasteiger partial charge is 0.315 e. The van der Waals surface area contributed by atoms with Crippen LogP contribution in [0.1, 0.15) is 13.3 Å². The highest BCUT2D eigenvalue weighted by atomic mass is 79.9. The quantitative estimate of drug-likeness (QED) is 0.414. The minimum absolute atomic E-state index is 0.00883. The van der Waals surface area contributed by atoms with Crippen molar-refractivity contribution in [3.8, 4) is 0 Å². The molecule has 1 rings (SSSR count). The van der Waals surface area contributed by atoms with Crippen LogP contribution in [-0.2, 0) is 10.0 Å². The van der Waals surface area contributed by atoms with Gasteiger partial charge in [0, 0.05) is 19.2 Å². The Morgan fingerprint density at radius 2 is 2.00 bits per heavy atom. The monoisotopic (exact) mass is 365 g/mol. The van der Waals surface area contributed by atoms with Gasteiger partial charge in [0.1, 0.15) is 0 Å². The number of sulfonamides is 1. The molecule has 0 aromatic heterocycles. The van der Waals surface area contributed by atoms with Gasteiger partial charge in [-0.3, -0.25) is 10.1 Å². The highest BCUT2D eigenvalue weighted by Gasteiger charge is 2.18. The summed E-state index contributed by atoms with van der Waals surface area (Å²) in [6.45, 7) is 3.63. The van der Waals surface area contributed by atoms with Crippen LogP contribution in [0.3, 0.4) is 0 Å². The first-order valence-corrected chi connectivity index (χ1v) is 8.30. The number of nitrogens with one attached hydrogen (secondary N) is 2. The van der Waals surface area contributed by atoms with Crippen LogP contribution in [0.5, 0.6) is 0 Å². The van der Waals surface area contributed by atoms with Crippen LogP contribution in [0.2, 0.25) is 0 Å².